The Bertz CT molecular complexity index is 477. The molecule has 18 heavy (non-hydrogen) atoms. The molecule has 1 aromatic carbocycles. The van der Waals surface area contributed by atoms with Gasteiger partial charge in [-0.1, -0.05) is 22.0 Å². The first kappa shape index (κ1) is 12.9. The van der Waals surface area contributed by atoms with Crippen molar-refractivity contribution in [3.05, 3.63) is 28.7 Å². The van der Waals surface area contributed by atoms with Gasteiger partial charge in [0, 0.05) is 17.6 Å². The summed E-state index contributed by atoms with van der Waals surface area (Å²) in [5, 5.41) is 8.85. The number of amides is 1. The Hall–Kier alpha value is -1.56. The van der Waals surface area contributed by atoms with Gasteiger partial charge >= 0.3 is 12.1 Å². The number of ether oxygens (including phenoxy) is 1. The van der Waals surface area contributed by atoms with Crippen molar-refractivity contribution < 1.29 is 19.4 Å². The van der Waals surface area contributed by atoms with Gasteiger partial charge in [-0.3, -0.25) is 4.79 Å². The number of aliphatic carboxylic acids is 1. The number of hydrogen-bond donors (Lipinski definition) is 1. The standard InChI is InChI=1S/C12H12BrNO4/c13-9-2-1-3-10(6-9)18-12(17)14-5-4-8(7-14)11(15)16/h1-3,6,8H,4-5,7H2,(H,15,16). The van der Waals surface area contributed by atoms with E-state index in [4.69, 9.17) is 9.84 Å². The topological polar surface area (TPSA) is 66.8 Å². The molecule has 0 spiro atoms. The van der Waals surface area contributed by atoms with Crippen LogP contribution in [0.25, 0.3) is 0 Å². The average molecular weight is 314 g/mol. The molecule has 0 saturated carbocycles. The van der Waals surface area contributed by atoms with Gasteiger partial charge in [0.05, 0.1) is 5.92 Å². The summed E-state index contributed by atoms with van der Waals surface area (Å²) >= 11 is 3.28. The zero-order valence-electron chi connectivity index (χ0n) is 9.51. The summed E-state index contributed by atoms with van der Waals surface area (Å²) < 4.78 is 5.99. The van der Waals surface area contributed by atoms with Gasteiger partial charge in [-0.05, 0) is 24.6 Å². The fourth-order valence-corrected chi connectivity index (χ4v) is 2.20. The van der Waals surface area contributed by atoms with Crippen molar-refractivity contribution >= 4 is 28.0 Å². The summed E-state index contributed by atoms with van der Waals surface area (Å²) in [6.45, 7) is 0.631. The molecule has 1 atom stereocenters. The third kappa shape index (κ3) is 3.01. The lowest BCUT2D eigenvalue weighted by Crippen LogP contribution is -2.32. The number of carboxylic acid groups (broad SMARTS) is 1. The number of benzene rings is 1. The van der Waals surface area contributed by atoms with Crippen LogP contribution in [0.3, 0.4) is 0 Å². The molecule has 96 valence electrons. The number of halogens is 1. The molecule has 1 heterocycles. The normalized spacial score (nSPS) is 18.7. The van der Waals surface area contributed by atoms with E-state index in [2.05, 4.69) is 15.9 Å². The molecule has 1 unspecified atom stereocenters. The van der Waals surface area contributed by atoms with Crippen molar-refractivity contribution in [2.75, 3.05) is 13.1 Å². The number of carboxylic acids is 1. The second kappa shape index (κ2) is 5.39. The van der Waals surface area contributed by atoms with Crippen molar-refractivity contribution in [2.45, 2.75) is 6.42 Å². The van der Waals surface area contributed by atoms with Crippen molar-refractivity contribution in [3.63, 3.8) is 0 Å². The zero-order valence-corrected chi connectivity index (χ0v) is 11.1. The molecular formula is C12H12BrNO4. The van der Waals surface area contributed by atoms with E-state index in [9.17, 15) is 9.59 Å². The van der Waals surface area contributed by atoms with Gasteiger partial charge in [-0.25, -0.2) is 4.79 Å². The quantitative estimate of drug-likeness (QED) is 0.910. The third-order valence-corrected chi connectivity index (χ3v) is 3.29. The zero-order chi connectivity index (χ0) is 13.1. The van der Waals surface area contributed by atoms with Gasteiger partial charge in [0.15, 0.2) is 0 Å². The van der Waals surface area contributed by atoms with Crippen LogP contribution < -0.4 is 4.74 Å². The van der Waals surface area contributed by atoms with Gasteiger partial charge in [0.1, 0.15) is 5.75 Å². The first-order chi connectivity index (χ1) is 8.56. The van der Waals surface area contributed by atoms with Crippen LogP contribution in [-0.4, -0.2) is 35.2 Å². The number of carbonyl (C=O) groups excluding carboxylic acids is 1. The molecule has 0 radical (unpaired) electrons. The third-order valence-electron chi connectivity index (χ3n) is 2.80. The Balaban J connectivity index is 1.95. The Morgan fingerprint density at radius 3 is 2.83 bits per heavy atom. The minimum absolute atomic E-state index is 0.210. The molecular weight excluding hydrogens is 302 g/mol. The van der Waals surface area contributed by atoms with Gasteiger partial charge in [0.25, 0.3) is 0 Å². The maximum absolute atomic E-state index is 11.8. The van der Waals surface area contributed by atoms with E-state index in [1.807, 2.05) is 6.07 Å². The first-order valence-corrected chi connectivity index (χ1v) is 6.30. The molecule has 1 aliphatic heterocycles. The average Bonchev–Trinajstić information content (AvgIpc) is 2.78. The van der Waals surface area contributed by atoms with Crippen LogP contribution in [0.1, 0.15) is 6.42 Å². The highest BCUT2D eigenvalue weighted by Gasteiger charge is 2.31. The number of carbonyl (C=O) groups is 2. The summed E-state index contributed by atoms with van der Waals surface area (Å²) in [6, 6.07) is 6.94. The highest BCUT2D eigenvalue weighted by molar-refractivity contribution is 9.10. The molecule has 1 aromatic rings. The van der Waals surface area contributed by atoms with Crippen LogP contribution in [0.4, 0.5) is 4.79 Å². The molecule has 0 bridgehead atoms. The van der Waals surface area contributed by atoms with Crippen molar-refractivity contribution in [3.8, 4) is 5.75 Å². The Morgan fingerprint density at radius 1 is 1.44 bits per heavy atom. The molecule has 0 aliphatic carbocycles. The van der Waals surface area contributed by atoms with Crippen molar-refractivity contribution in [1.82, 2.24) is 4.90 Å². The summed E-state index contributed by atoms with van der Waals surface area (Å²) in [5.41, 5.74) is 0. The molecule has 1 aliphatic rings. The number of likely N-dealkylation sites (tertiary alicyclic amines) is 1. The van der Waals surface area contributed by atoms with E-state index in [-0.39, 0.29) is 6.54 Å². The molecule has 1 saturated heterocycles. The lowest BCUT2D eigenvalue weighted by molar-refractivity contribution is -0.141. The van der Waals surface area contributed by atoms with Crippen LogP contribution in [-0.2, 0) is 4.79 Å². The van der Waals surface area contributed by atoms with E-state index in [0.29, 0.717) is 18.7 Å². The lowest BCUT2D eigenvalue weighted by atomic mass is 10.1. The smallest absolute Gasteiger partial charge is 0.415 e. The first-order valence-electron chi connectivity index (χ1n) is 5.51. The maximum atomic E-state index is 11.8. The van der Waals surface area contributed by atoms with Gasteiger partial charge < -0.3 is 14.7 Å². The monoisotopic (exact) mass is 313 g/mol. The predicted molar refractivity (Wildman–Crippen MR) is 67.5 cm³/mol. The molecule has 1 fully saturated rings. The summed E-state index contributed by atoms with van der Waals surface area (Å²) in [6.07, 6.45) is -0.0278. The maximum Gasteiger partial charge on any atom is 0.415 e. The predicted octanol–water partition coefficient (Wildman–Crippen LogP) is 2.35. The second-order valence-electron chi connectivity index (χ2n) is 4.10. The highest BCUT2D eigenvalue weighted by Crippen LogP contribution is 2.21. The van der Waals surface area contributed by atoms with Gasteiger partial charge in [-0.2, -0.15) is 0 Å². The number of rotatable bonds is 2. The van der Waals surface area contributed by atoms with Crippen LogP contribution in [0, 0.1) is 5.92 Å². The molecule has 6 heteroatoms. The highest BCUT2D eigenvalue weighted by atomic mass is 79.9. The number of nitrogens with zero attached hydrogens (tertiary/aromatic N) is 1. The van der Waals surface area contributed by atoms with E-state index in [1.165, 1.54) is 4.90 Å². The van der Waals surface area contributed by atoms with Crippen molar-refractivity contribution in [2.24, 2.45) is 5.92 Å². The van der Waals surface area contributed by atoms with Gasteiger partial charge in [0.2, 0.25) is 0 Å². The van der Waals surface area contributed by atoms with Crippen molar-refractivity contribution in [1.29, 1.82) is 0 Å². The molecule has 1 amide bonds. The van der Waals surface area contributed by atoms with E-state index in [1.54, 1.807) is 18.2 Å². The van der Waals surface area contributed by atoms with E-state index >= 15 is 0 Å². The number of hydrogen-bond acceptors (Lipinski definition) is 3. The van der Waals surface area contributed by atoms with Crippen LogP contribution in [0.5, 0.6) is 5.75 Å². The van der Waals surface area contributed by atoms with Crippen LogP contribution in [0.15, 0.2) is 28.7 Å². The van der Waals surface area contributed by atoms with Gasteiger partial charge in [-0.15, -0.1) is 0 Å². The van der Waals surface area contributed by atoms with E-state index < -0.39 is 18.0 Å². The molecule has 0 aromatic heterocycles. The summed E-state index contributed by atoms with van der Waals surface area (Å²) in [7, 11) is 0. The molecule has 2 rings (SSSR count). The molecule has 5 nitrogen and oxygen atoms in total. The SMILES string of the molecule is O=C(O)C1CCN(C(=O)Oc2cccc(Br)c2)C1. The fourth-order valence-electron chi connectivity index (χ4n) is 1.82. The fraction of sp³-hybridized carbons (Fsp3) is 0.333. The Kier molecular flexibility index (Phi) is 3.86. The second-order valence-corrected chi connectivity index (χ2v) is 5.01. The summed E-state index contributed by atoms with van der Waals surface area (Å²) in [5.74, 6) is -0.916. The largest absolute Gasteiger partial charge is 0.481 e. The molecule has 1 N–H and O–H groups in total. The van der Waals surface area contributed by atoms with E-state index in [0.717, 1.165) is 4.47 Å². The van der Waals surface area contributed by atoms with Crippen LogP contribution in [0.2, 0.25) is 0 Å². The Morgan fingerprint density at radius 2 is 2.22 bits per heavy atom. The van der Waals surface area contributed by atoms with Crippen LogP contribution >= 0.6 is 15.9 Å². The Labute approximate surface area is 112 Å². The minimum Gasteiger partial charge on any atom is -0.481 e. The lowest BCUT2D eigenvalue weighted by Gasteiger charge is -2.15. The summed E-state index contributed by atoms with van der Waals surface area (Å²) in [4.78, 5) is 24.0. The minimum atomic E-state index is -0.868.